The van der Waals surface area contributed by atoms with Crippen LogP contribution < -0.4 is 12.4 Å². The molecule has 0 atom stereocenters. The topological polar surface area (TPSA) is 0 Å². The summed E-state index contributed by atoms with van der Waals surface area (Å²) in [4.78, 5) is 0. The molecule has 14 heavy (non-hydrogen) atoms. The third-order valence-electron chi connectivity index (χ3n) is 1.21. The normalized spacial score (nSPS) is 6.86. The van der Waals surface area contributed by atoms with E-state index in [1.54, 1.807) is 0 Å². The fourth-order valence-electron chi connectivity index (χ4n) is 0.684. The van der Waals surface area contributed by atoms with Gasteiger partial charge < -0.3 is 12.4 Å². The Kier molecular flexibility index (Phi) is 13.8. The van der Waals surface area contributed by atoms with Crippen LogP contribution in [0.25, 0.3) is 0 Å². The van der Waals surface area contributed by atoms with Crippen molar-refractivity contribution in [3.05, 3.63) is 72.8 Å². The molecule has 0 bridgehead atoms. The van der Waals surface area contributed by atoms with E-state index >= 15 is 0 Å². The standard InChI is InChI=1S/2C6H5.ClH.Cr/c2*1-2-4-6-5-3-1;;/h2*1-5H;1H;/p-1. The molecule has 0 fully saturated rings. The van der Waals surface area contributed by atoms with Crippen molar-refractivity contribution in [2.75, 3.05) is 0 Å². The van der Waals surface area contributed by atoms with Gasteiger partial charge in [0.2, 0.25) is 0 Å². The molecule has 0 saturated carbocycles. The summed E-state index contributed by atoms with van der Waals surface area (Å²) in [6, 6.07) is 25.0. The summed E-state index contributed by atoms with van der Waals surface area (Å²) in [5, 5.41) is 0. The maximum absolute atomic E-state index is 2.89. The summed E-state index contributed by atoms with van der Waals surface area (Å²) in [6.07, 6.45) is 0. The maximum Gasteiger partial charge on any atom is 0 e. The summed E-state index contributed by atoms with van der Waals surface area (Å²) in [5.74, 6) is 0. The number of hydrogen-bond donors (Lipinski definition) is 0. The Bertz CT molecular complexity index is 186. The van der Waals surface area contributed by atoms with Gasteiger partial charge >= 0.3 is 0 Å². The summed E-state index contributed by atoms with van der Waals surface area (Å²) in [5.41, 5.74) is 0. The van der Waals surface area contributed by atoms with Crippen LogP contribution in [0.4, 0.5) is 0 Å². The zero-order valence-corrected chi connectivity index (χ0v) is 9.59. The van der Waals surface area contributed by atoms with Gasteiger partial charge in [-0.15, -0.1) is 0 Å². The molecule has 0 aliphatic heterocycles. The molecule has 2 aromatic rings. The van der Waals surface area contributed by atoms with Crippen molar-refractivity contribution in [3.8, 4) is 0 Å². The average molecular weight is 242 g/mol. The fourth-order valence-corrected chi connectivity index (χ4v) is 0.684. The Balaban J connectivity index is 0. The van der Waals surface area contributed by atoms with Gasteiger partial charge in [-0.2, -0.15) is 0 Å². The number of halogens is 1. The zero-order valence-electron chi connectivity index (χ0n) is 7.56. The van der Waals surface area contributed by atoms with Crippen molar-refractivity contribution < 1.29 is 29.8 Å². The Labute approximate surface area is 103 Å². The third kappa shape index (κ3) is 9.35. The molecule has 0 N–H and O–H groups in total. The van der Waals surface area contributed by atoms with Crippen LogP contribution in [0.5, 0.6) is 0 Å². The van der Waals surface area contributed by atoms with Crippen LogP contribution in [0.2, 0.25) is 0 Å². The molecule has 2 aromatic carbocycles. The molecule has 0 saturated heterocycles. The Morgan fingerprint density at radius 2 is 0.786 bits per heavy atom. The first-order valence-electron chi connectivity index (χ1n) is 3.82. The Morgan fingerprint density at radius 1 is 0.500 bits per heavy atom. The summed E-state index contributed by atoms with van der Waals surface area (Å²) < 4.78 is 0. The summed E-state index contributed by atoms with van der Waals surface area (Å²) >= 11 is 0. The Hall–Kier alpha value is -0.738. The number of rotatable bonds is 0. The summed E-state index contributed by atoms with van der Waals surface area (Å²) in [6.45, 7) is 0. The van der Waals surface area contributed by atoms with Crippen LogP contribution >= 0.6 is 0 Å². The SMILES string of the molecule is [Cl-].[Cr].[c]1ccccc1.[c]1ccccc1. The van der Waals surface area contributed by atoms with Crippen LogP contribution in [0.15, 0.2) is 60.7 Å². The molecule has 72 valence electrons. The van der Waals surface area contributed by atoms with Crippen molar-refractivity contribution in [2.24, 2.45) is 0 Å². The van der Waals surface area contributed by atoms with Gasteiger partial charge in [0.1, 0.15) is 0 Å². The molecule has 2 rings (SSSR count). The van der Waals surface area contributed by atoms with Crippen molar-refractivity contribution in [2.45, 2.75) is 0 Å². The van der Waals surface area contributed by atoms with Crippen LogP contribution in [0.1, 0.15) is 0 Å². The van der Waals surface area contributed by atoms with Crippen LogP contribution in [-0.2, 0) is 17.4 Å². The monoisotopic (exact) mass is 241 g/mol. The first kappa shape index (κ1) is 15.7. The van der Waals surface area contributed by atoms with Gasteiger partial charge in [0.25, 0.3) is 0 Å². The van der Waals surface area contributed by atoms with Gasteiger partial charge in [0.05, 0.1) is 0 Å². The second kappa shape index (κ2) is 12.3. The van der Waals surface area contributed by atoms with Gasteiger partial charge in [0.15, 0.2) is 0 Å². The molecule has 0 amide bonds. The van der Waals surface area contributed by atoms with E-state index in [0.29, 0.717) is 0 Å². The second-order valence-corrected chi connectivity index (χ2v) is 2.15. The Morgan fingerprint density at radius 3 is 0.857 bits per heavy atom. The molecule has 0 heterocycles. The average Bonchev–Trinajstić information content (AvgIpc) is 2.24. The van der Waals surface area contributed by atoms with E-state index in [0.717, 1.165) is 0 Å². The quantitative estimate of drug-likeness (QED) is 0.608. The predicted molar refractivity (Wildman–Crippen MR) is 50.6 cm³/mol. The van der Waals surface area contributed by atoms with E-state index in [2.05, 4.69) is 12.1 Å². The van der Waals surface area contributed by atoms with E-state index in [1.165, 1.54) is 0 Å². The van der Waals surface area contributed by atoms with Crippen molar-refractivity contribution in [1.82, 2.24) is 0 Å². The molecule has 0 aliphatic rings. The molecule has 0 nitrogen and oxygen atoms in total. The largest absolute Gasteiger partial charge is 1.00 e. The van der Waals surface area contributed by atoms with Gasteiger partial charge in [0, 0.05) is 17.4 Å². The molecule has 0 unspecified atom stereocenters. The van der Waals surface area contributed by atoms with Crippen molar-refractivity contribution in [1.29, 1.82) is 0 Å². The van der Waals surface area contributed by atoms with Gasteiger partial charge in [-0.05, 0) is 12.1 Å². The maximum atomic E-state index is 2.89. The van der Waals surface area contributed by atoms with Gasteiger partial charge in [-0.3, -0.25) is 0 Å². The second-order valence-electron chi connectivity index (χ2n) is 2.15. The summed E-state index contributed by atoms with van der Waals surface area (Å²) in [7, 11) is 0. The van der Waals surface area contributed by atoms with Crippen LogP contribution in [0, 0.1) is 12.1 Å². The molecular formula is C12H10ClCr-. The molecule has 0 aromatic heterocycles. The first-order chi connectivity index (χ1) is 6.00. The zero-order chi connectivity index (χ0) is 8.49. The smallest absolute Gasteiger partial charge is 0 e. The van der Waals surface area contributed by atoms with E-state index in [1.807, 2.05) is 60.7 Å². The van der Waals surface area contributed by atoms with E-state index < -0.39 is 0 Å². The fraction of sp³-hybridized carbons (Fsp3) is 0. The van der Waals surface area contributed by atoms with Crippen LogP contribution in [0.3, 0.4) is 0 Å². The molecular weight excluding hydrogens is 232 g/mol. The minimum absolute atomic E-state index is 0. The molecule has 2 heteroatoms. The van der Waals surface area contributed by atoms with E-state index in [9.17, 15) is 0 Å². The van der Waals surface area contributed by atoms with Gasteiger partial charge in [-0.25, -0.2) is 0 Å². The van der Waals surface area contributed by atoms with Crippen molar-refractivity contribution >= 4 is 0 Å². The van der Waals surface area contributed by atoms with Crippen LogP contribution in [-0.4, -0.2) is 0 Å². The third-order valence-corrected chi connectivity index (χ3v) is 1.21. The molecule has 0 aliphatic carbocycles. The minimum atomic E-state index is 0. The molecule has 0 spiro atoms. The van der Waals surface area contributed by atoms with Crippen molar-refractivity contribution in [3.63, 3.8) is 0 Å². The number of hydrogen-bond acceptors (Lipinski definition) is 0. The molecule has 2 radical (unpaired) electrons. The van der Waals surface area contributed by atoms with E-state index in [4.69, 9.17) is 0 Å². The minimum Gasteiger partial charge on any atom is -1.00 e. The number of benzene rings is 2. The first-order valence-corrected chi connectivity index (χ1v) is 3.82. The van der Waals surface area contributed by atoms with E-state index in [-0.39, 0.29) is 29.8 Å². The van der Waals surface area contributed by atoms with Gasteiger partial charge in [-0.1, -0.05) is 60.7 Å². The predicted octanol–water partition coefficient (Wildman–Crippen LogP) is -0.0249.